The Morgan fingerprint density at radius 3 is 2.50 bits per heavy atom. The lowest BCUT2D eigenvalue weighted by Gasteiger charge is -2.08. The Morgan fingerprint density at radius 2 is 1.88 bits per heavy atom. The lowest BCUT2D eigenvalue weighted by Crippen LogP contribution is -2.04. The molecule has 0 aliphatic heterocycles. The smallest absolute Gasteiger partial charge is 0.416 e. The lowest BCUT2D eigenvalue weighted by molar-refractivity contribution is -0.137. The Labute approximate surface area is 89.4 Å². The molecule has 1 aromatic heterocycles. The zero-order valence-corrected chi connectivity index (χ0v) is 8.34. The average molecular weight is 227 g/mol. The standard InChI is InChI=1S/C11H8F3NO/c1-6-10(16)5-7-4-8(11(12,13)14)2-3-9(7)15-6/h2-5,16H,1H3. The SMILES string of the molecule is Cc1nc2ccc(C(F)(F)F)cc2cc1O. The lowest BCUT2D eigenvalue weighted by atomic mass is 10.1. The van der Waals surface area contributed by atoms with Crippen molar-refractivity contribution >= 4 is 10.9 Å². The van der Waals surface area contributed by atoms with Gasteiger partial charge in [-0.1, -0.05) is 0 Å². The van der Waals surface area contributed by atoms with Crippen LogP contribution in [0, 0.1) is 6.92 Å². The molecule has 0 amide bonds. The number of aromatic nitrogens is 1. The topological polar surface area (TPSA) is 33.1 Å². The molecule has 0 aliphatic carbocycles. The van der Waals surface area contributed by atoms with Crippen molar-refractivity contribution in [1.82, 2.24) is 4.98 Å². The van der Waals surface area contributed by atoms with Gasteiger partial charge in [0.05, 0.1) is 16.8 Å². The van der Waals surface area contributed by atoms with Crippen LogP contribution in [0.15, 0.2) is 24.3 Å². The van der Waals surface area contributed by atoms with Crippen LogP contribution in [-0.2, 0) is 6.18 Å². The number of alkyl halides is 3. The average Bonchev–Trinajstić information content (AvgIpc) is 2.17. The van der Waals surface area contributed by atoms with Crippen molar-refractivity contribution < 1.29 is 18.3 Å². The molecule has 84 valence electrons. The molecule has 1 heterocycles. The molecule has 0 spiro atoms. The normalized spacial score (nSPS) is 12.0. The van der Waals surface area contributed by atoms with Crippen LogP contribution >= 0.6 is 0 Å². The van der Waals surface area contributed by atoms with E-state index in [-0.39, 0.29) is 11.1 Å². The van der Waals surface area contributed by atoms with E-state index in [2.05, 4.69) is 4.98 Å². The summed E-state index contributed by atoms with van der Waals surface area (Å²) >= 11 is 0. The fourth-order valence-electron chi connectivity index (χ4n) is 1.44. The summed E-state index contributed by atoms with van der Waals surface area (Å²) in [6, 6.07) is 4.53. The molecule has 1 aromatic carbocycles. The number of aromatic hydroxyl groups is 1. The molecule has 0 atom stereocenters. The number of fused-ring (bicyclic) bond motifs is 1. The van der Waals surface area contributed by atoms with Crippen molar-refractivity contribution in [2.45, 2.75) is 13.1 Å². The molecular formula is C11H8F3NO. The minimum Gasteiger partial charge on any atom is -0.506 e. The van der Waals surface area contributed by atoms with E-state index in [1.807, 2.05) is 0 Å². The summed E-state index contributed by atoms with van der Waals surface area (Å²) < 4.78 is 37.2. The van der Waals surface area contributed by atoms with E-state index in [9.17, 15) is 18.3 Å². The molecule has 0 aliphatic rings. The van der Waals surface area contributed by atoms with Gasteiger partial charge in [0.15, 0.2) is 0 Å². The maximum Gasteiger partial charge on any atom is 0.416 e. The van der Waals surface area contributed by atoms with Crippen molar-refractivity contribution in [2.75, 3.05) is 0 Å². The second kappa shape index (κ2) is 3.37. The van der Waals surface area contributed by atoms with Gasteiger partial charge in [-0.3, -0.25) is 0 Å². The quantitative estimate of drug-likeness (QED) is 0.749. The number of pyridine rings is 1. The molecule has 0 bridgehead atoms. The number of nitrogens with zero attached hydrogens (tertiary/aromatic N) is 1. The van der Waals surface area contributed by atoms with E-state index >= 15 is 0 Å². The fraction of sp³-hybridized carbons (Fsp3) is 0.182. The van der Waals surface area contributed by atoms with Crippen molar-refractivity contribution in [2.24, 2.45) is 0 Å². The van der Waals surface area contributed by atoms with Crippen LogP contribution in [0.25, 0.3) is 10.9 Å². The summed E-state index contributed by atoms with van der Waals surface area (Å²) in [6.45, 7) is 1.59. The van der Waals surface area contributed by atoms with Gasteiger partial charge in [-0.05, 0) is 31.2 Å². The third-order valence-electron chi connectivity index (χ3n) is 2.31. The highest BCUT2D eigenvalue weighted by molar-refractivity contribution is 5.81. The van der Waals surface area contributed by atoms with E-state index in [4.69, 9.17) is 0 Å². The van der Waals surface area contributed by atoms with Gasteiger partial charge < -0.3 is 5.11 Å². The van der Waals surface area contributed by atoms with E-state index in [1.165, 1.54) is 12.1 Å². The van der Waals surface area contributed by atoms with Crippen molar-refractivity contribution in [3.8, 4) is 5.75 Å². The van der Waals surface area contributed by atoms with E-state index < -0.39 is 11.7 Å². The summed E-state index contributed by atoms with van der Waals surface area (Å²) in [5.41, 5.74) is 0.0839. The van der Waals surface area contributed by atoms with Gasteiger partial charge in [-0.2, -0.15) is 13.2 Å². The highest BCUT2D eigenvalue weighted by Crippen LogP contribution is 2.32. The molecule has 0 saturated carbocycles. The molecule has 0 radical (unpaired) electrons. The van der Waals surface area contributed by atoms with Crippen molar-refractivity contribution in [3.05, 3.63) is 35.5 Å². The summed E-state index contributed by atoms with van der Waals surface area (Å²) in [7, 11) is 0. The Balaban J connectivity index is 2.67. The Kier molecular flexibility index (Phi) is 2.26. The van der Waals surface area contributed by atoms with Gasteiger partial charge in [0.25, 0.3) is 0 Å². The number of aryl methyl sites for hydroxylation is 1. The first-order chi connectivity index (χ1) is 7.38. The maximum absolute atomic E-state index is 12.4. The van der Waals surface area contributed by atoms with Crippen LogP contribution in [-0.4, -0.2) is 10.1 Å². The van der Waals surface area contributed by atoms with Crippen LogP contribution in [0.2, 0.25) is 0 Å². The van der Waals surface area contributed by atoms with Gasteiger partial charge in [0, 0.05) is 5.39 Å². The Morgan fingerprint density at radius 1 is 1.19 bits per heavy atom. The summed E-state index contributed by atoms with van der Waals surface area (Å²) in [5, 5.41) is 9.64. The second-order valence-corrected chi connectivity index (χ2v) is 3.50. The predicted molar refractivity (Wildman–Crippen MR) is 53.1 cm³/mol. The molecule has 2 nitrogen and oxygen atoms in total. The number of hydrogen-bond acceptors (Lipinski definition) is 2. The van der Waals surface area contributed by atoms with Gasteiger partial charge >= 0.3 is 6.18 Å². The predicted octanol–water partition coefficient (Wildman–Crippen LogP) is 3.27. The number of benzene rings is 1. The third-order valence-corrected chi connectivity index (χ3v) is 2.31. The van der Waals surface area contributed by atoms with E-state index in [0.717, 1.165) is 12.1 Å². The first kappa shape index (κ1) is 10.7. The van der Waals surface area contributed by atoms with Gasteiger partial charge in [-0.25, -0.2) is 4.98 Å². The van der Waals surface area contributed by atoms with Crippen LogP contribution in [0.4, 0.5) is 13.2 Å². The molecule has 1 N–H and O–H groups in total. The van der Waals surface area contributed by atoms with Crippen LogP contribution in [0.3, 0.4) is 0 Å². The summed E-state index contributed by atoms with van der Waals surface area (Å²) in [4.78, 5) is 3.98. The minimum absolute atomic E-state index is 0.105. The van der Waals surface area contributed by atoms with Crippen molar-refractivity contribution in [3.63, 3.8) is 0 Å². The maximum atomic E-state index is 12.4. The first-order valence-corrected chi connectivity index (χ1v) is 4.55. The number of rotatable bonds is 0. The molecule has 2 rings (SSSR count). The molecule has 2 aromatic rings. The fourth-order valence-corrected chi connectivity index (χ4v) is 1.44. The van der Waals surface area contributed by atoms with Crippen LogP contribution in [0.1, 0.15) is 11.3 Å². The first-order valence-electron chi connectivity index (χ1n) is 4.55. The summed E-state index contributed by atoms with van der Waals surface area (Å²) in [6.07, 6.45) is -4.38. The monoisotopic (exact) mass is 227 g/mol. The Bertz CT molecular complexity index is 549. The third kappa shape index (κ3) is 1.80. The largest absolute Gasteiger partial charge is 0.506 e. The van der Waals surface area contributed by atoms with Crippen molar-refractivity contribution in [1.29, 1.82) is 0 Å². The zero-order valence-electron chi connectivity index (χ0n) is 8.34. The van der Waals surface area contributed by atoms with Crippen LogP contribution < -0.4 is 0 Å². The second-order valence-electron chi connectivity index (χ2n) is 3.50. The summed E-state index contributed by atoms with van der Waals surface area (Å²) in [5.74, 6) is -0.105. The van der Waals surface area contributed by atoms with Crippen LogP contribution in [0.5, 0.6) is 5.75 Å². The zero-order chi connectivity index (χ0) is 11.9. The highest BCUT2D eigenvalue weighted by atomic mass is 19.4. The number of halogens is 3. The van der Waals surface area contributed by atoms with Gasteiger partial charge in [0.1, 0.15) is 5.75 Å². The molecular weight excluding hydrogens is 219 g/mol. The van der Waals surface area contributed by atoms with Gasteiger partial charge in [-0.15, -0.1) is 0 Å². The molecule has 0 fully saturated rings. The molecule has 0 saturated heterocycles. The highest BCUT2D eigenvalue weighted by Gasteiger charge is 2.30. The minimum atomic E-state index is -4.38. The van der Waals surface area contributed by atoms with E-state index in [1.54, 1.807) is 6.92 Å². The number of hydrogen-bond donors (Lipinski definition) is 1. The molecule has 16 heavy (non-hydrogen) atoms. The van der Waals surface area contributed by atoms with E-state index in [0.29, 0.717) is 11.2 Å². The van der Waals surface area contributed by atoms with Gasteiger partial charge in [0.2, 0.25) is 0 Å². The molecule has 0 unspecified atom stereocenters. The Hall–Kier alpha value is -1.78. The molecule has 5 heteroatoms.